The van der Waals surface area contributed by atoms with Crippen molar-refractivity contribution >= 4 is 7.82 Å². The van der Waals surface area contributed by atoms with Crippen LogP contribution in [-0.2, 0) is 23.3 Å². The number of rotatable bonds is 6. The molecule has 0 aromatic rings. The summed E-state index contributed by atoms with van der Waals surface area (Å²) in [6.07, 6.45) is -17.5. The van der Waals surface area contributed by atoms with Gasteiger partial charge in [-0.25, -0.2) is 0 Å². The van der Waals surface area contributed by atoms with Crippen molar-refractivity contribution in [3.05, 3.63) is 0 Å². The summed E-state index contributed by atoms with van der Waals surface area (Å²) in [5.74, 6) is 0. The molecule has 2 aliphatic rings. The van der Waals surface area contributed by atoms with E-state index in [0.717, 1.165) is 0 Å². The first-order valence-electron chi connectivity index (χ1n) is 7.78. The quantitative estimate of drug-likeness (QED) is 0.198. The molecule has 2 fully saturated rings. The highest BCUT2D eigenvalue weighted by molar-refractivity contribution is 7.43. The van der Waals surface area contributed by atoms with Crippen LogP contribution in [0.4, 0.5) is 0 Å². The molecular formula is C12H21O14P-2. The lowest BCUT2D eigenvalue weighted by molar-refractivity contribution is -0.362. The van der Waals surface area contributed by atoms with Crippen LogP contribution >= 0.6 is 7.82 Å². The molecule has 0 bridgehead atoms. The lowest BCUT2D eigenvalue weighted by atomic mass is 9.97. The van der Waals surface area contributed by atoms with E-state index in [2.05, 4.69) is 4.52 Å². The number of aliphatic hydroxyl groups excluding tert-OH is 7. The third-order valence-corrected chi connectivity index (χ3v) is 4.66. The molecule has 2 heterocycles. The molecule has 0 saturated carbocycles. The Labute approximate surface area is 152 Å². The maximum Gasteiger partial charge on any atom is 0.187 e. The number of phosphoric acid groups is 1. The number of phosphoric ester groups is 1. The highest BCUT2D eigenvalue weighted by atomic mass is 31.2. The molecule has 0 radical (unpaired) electrons. The van der Waals surface area contributed by atoms with Crippen LogP contribution in [0.2, 0.25) is 0 Å². The molecule has 14 nitrogen and oxygen atoms in total. The van der Waals surface area contributed by atoms with Crippen LogP contribution in [0.15, 0.2) is 0 Å². The van der Waals surface area contributed by atoms with Gasteiger partial charge in [0.2, 0.25) is 0 Å². The first-order valence-corrected chi connectivity index (χ1v) is 9.24. The van der Waals surface area contributed by atoms with Gasteiger partial charge in [0.05, 0.1) is 21.0 Å². The molecule has 0 spiro atoms. The van der Waals surface area contributed by atoms with Crippen LogP contribution in [0, 0.1) is 0 Å². The van der Waals surface area contributed by atoms with Crippen molar-refractivity contribution in [1.82, 2.24) is 0 Å². The van der Waals surface area contributed by atoms with Crippen molar-refractivity contribution in [3.8, 4) is 0 Å². The molecule has 2 saturated heterocycles. The van der Waals surface area contributed by atoms with Crippen molar-refractivity contribution < 1.29 is 68.8 Å². The van der Waals surface area contributed by atoms with E-state index in [4.69, 9.17) is 14.2 Å². The zero-order valence-electron chi connectivity index (χ0n) is 13.6. The Morgan fingerprint density at radius 3 is 2.04 bits per heavy atom. The Kier molecular flexibility index (Phi) is 7.68. The molecular weight excluding hydrogens is 399 g/mol. The lowest BCUT2D eigenvalue weighted by Gasteiger charge is -2.45. The third kappa shape index (κ3) is 5.41. The molecule has 160 valence electrons. The van der Waals surface area contributed by atoms with Crippen LogP contribution in [0.1, 0.15) is 0 Å². The minimum atomic E-state index is -5.42. The Balaban J connectivity index is 2.11. The largest absolute Gasteiger partial charge is 0.790 e. The molecule has 2 aliphatic heterocycles. The first kappa shape index (κ1) is 23.0. The molecule has 2 rings (SSSR count). The van der Waals surface area contributed by atoms with Crippen molar-refractivity contribution in [1.29, 1.82) is 0 Å². The lowest BCUT2D eigenvalue weighted by Crippen LogP contribution is -2.64. The highest BCUT2D eigenvalue weighted by Crippen LogP contribution is 2.31. The fraction of sp³-hybridized carbons (Fsp3) is 1.00. The fourth-order valence-corrected chi connectivity index (χ4v) is 3.05. The van der Waals surface area contributed by atoms with Crippen LogP contribution in [0.3, 0.4) is 0 Å². The molecule has 0 unspecified atom stereocenters. The molecule has 15 heteroatoms. The molecule has 10 atom stereocenters. The molecule has 0 aromatic carbocycles. The highest BCUT2D eigenvalue weighted by Gasteiger charge is 2.50. The van der Waals surface area contributed by atoms with E-state index < -0.39 is 82.4 Å². The number of ether oxygens (including phenoxy) is 3. The molecule has 7 N–H and O–H groups in total. The molecule has 0 aliphatic carbocycles. The van der Waals surface area contributed by atoms with E-state index in [-0.39, 0.29) is 0 Å². The van der Waals surface area contributed by atoms with Crippen LogP contribution < -0.4 is 9.79 Å². The predicted octanol–water partition coefficient (Wildman–Crippen LogP) is -6.54. The minimum Gasteiger partial charge on any atom is -0.790 e. The van der Waals surface area contributed by atoms with E-state index in [1.54, 1.807) is 0 Å². The molecule has 0 amide bonds. The molecule has 0 aromatic heterocycles. The summed E-state index contributed by atoms with van der Waals surface area (Å²) >= 11 is 0. The van der Waals surface area contributed by atoms with Crippen molar-refractivity contribution in [2.75, 3.05) is 13.2 Å². The van der Waals surface area contributed by atoms with Gasteiger partial charge in [-0.15, -0.1) is 0 Å². The van der Waals surface area contributed by atoms with Gasteiger partial charge in [0.1, 0.15) is 48.8 Å². The Bertz CT molecular complexity index is 526. The monoisotopic (exact) mass is 420 g/mol. The van der Waals surface area contributed by atoms with Crippen LogP contribution in [-0.4, -0.2) is 110 Å². The number of aliphatic hydroxyl groups is 7. The van der Waals surface area contributed by atoms with Gasteiger partial charge in [0.15, 0.2) is 12.6 Å². The van der Waals surface area contributed by atoms with E-state index in [9.17, 15) is 50.1 Å². The van der Waals surface area contributed by atoms with Gasteiger partial charge in [-0.3, -0.25) is 0 Å². The predicted molar refractivity (Wildman–Crippen MR) is 75.1 cm³/mol. The van der Waals surface area contributed by atoms with Gasteiger partial charge in [0.25, 0.3) is 0 Å². The van der Waals surface area contributed by atoms with Gasteiger partial charge in [-0.2, -0.15) is 0 Å². The second-order valence-corrected chi connectivity index (χ2v) is 7.24. The summed E-state index contributed by atoms with van der Waals surface area (Å²) in [4.78, 5) is 21.1. The van der Waals surface area contributed by atoms with Gasteiger partial charge >= 0.3 is 0 Å². The number of hydrogen-bond acceptors (Lipinski definition) is 14. The Morgan fingerprint density at radius 2 is 1.48 bits per heavy atom. The van der Waals surface area contributed by atoms with Gasteiger partial charge in [-0.1, -0.05) is 0 Å². The average Bonchev–Trinajstić information content (AvgIpc) is 2.60. The second kappa shape index (κ2) is 9.02. The van der Waals surface area contributed by atoms with Crippen molar-refractivity contribution in [2.45, 2.75) is 61.4 Å². The number of hydrogen-bond donors (Lipinski definition) is 7. The average molecular weight is 420 g/mol. The Morgan fingerprint density at radius 1 is 0.852 bits per heavy atom. The summed E-state index contributed by atoms with van der Waals surface area (Å²) in [6, 6.07) is 0. The summed E-state index contributed by atoms with van der Waals surface area (Å²) < 4.78 is 29.7. The SMILES string of the molecule is O=P([O-])([O-])OC[C@H]1O[C@H](O[C@H]2[C@H](O)[C@@H](O)[C@@H](O)O[C@@H]2CO)[C@H](O)[C@@H](O)[C@@H]1O. The third-order valence-electron chi connectivity index (χ3n) is 4.20. The zero-order chi connectivity index (χ0) is 20.5. The van der Waals surface area contributed by atoms with Gasteiger partial charge < -0.3 is 68.8 Å². The standard InChI is InChI=1S/C12H23O14P/c13-1-3-10(7(16)8(17)11(19)24-3)26-12-9(18)6(15)5(14)4(25-12)2-23-27(20,21)22/h3-19H,1-2H2,(H2,20,21,22)/p-2/t3-,4-,5-,6+,7-,8-,9-,10-,11+,12-/m1/s1. The summed E-state index contributed by atoms with van der Waals surface area (Å²) in [7, 11) is -5.42. The second-order valence-electron chi connectivity index (χ2n) is 6.09. The molecule has 27 heavy (non-hydrogen) atoms. The zero-order valence-corrected chi connectivity index (χ0v) is 14.5. The maximum absolute atomic E-state index is 10.6. The normalized spacial score (nSPS) is 46.4. The van der Waals surface area contributed by atoms with Gasteiger partial charge in [0, 0.05) is 0 Å². The minimum absolute atomic E-state index is 0.776. The van der Waals surface area contributed by atoms with Crippen molar-refractivity contribution in [3.63, 3.8) is 0 Å². The summed E-state index contributed by atoms with van der Waals surface area (Å²) in [5, 5.41) is 68.0. The van der Waals surface area contributed by atoms with Crippen LogP contribution in [0.25, 0.3) is 0 Å². The van der Waals surface area contributed by atoms with E-state index >= 15 is 0 Å². The summed E-state index contributed by atoms with van der Waals surface area (Å²) in [5.41, 5.74) is 0. The summed E-state index contributed by atoms with van der Waals surface area (Å²) in [6.45, 7) is -1.77. The topological polar surface area (TPSA) is 242 Å². The first-order chi connectivity index (χ1) is 12.5. The van der Waals surface area contributed by atoms with E-state index in [1.165, 1.54) is 0 Å². The van der Waals surface area contributed by atoms with Crippen molar-refractivity contribution in [2.24, 2.45) is 0 Å². The Hall–Kier alpha value is -0.290. The van der Waals surface area contributed by atoms with Gasteiger partial charge in [-0.05, 0) is 0 Å². The van der Waals surface area contributed by atoms with E-state index in [0.29, 0.717) is 0 Å². The smallest absolute Gasteiger partial charge is 0.187 e. The van der Waals surface area contributed by atoms with E-state index in [1.807, 2.05) is 0 Å². The van der Waals surface area contributed by atoms with Crippen LogP contribution in [0.5, 0.6) is 0 Å². The fourth-order valence-electron chi connectivity index (χ4n) is 2.72. The maximum atomic E-state index is 10.6.